The number of piperidine rings is 1. The predicted molar refractivity (Wildman–Crippen MR) is 120 cm³/mol. The van der Waals surface area contributed by atoms with Gasteiger partial charge in [-0.2, -0.15) is 0 Å². The van der Waals surface area contributed by atoms with E-state index < -0.39 is 6.10 Å². The number of hydrogen-bond donors (Lipinski definition) is 2. The van der Waals surface area contributed by atoms with E-state index in [4.69, 9.17) is 4.74 Å². The molecule has 0 spiro atoms. The molecule has 0 bridgehead atoms. The molecule has 0 aliphatic carbocycles. The lowest BCUT2D eigenvalue weighted by Gasteiger charge is -2.43. The number of aromatic nitrogens is 2. The fourth-order valence-corrected chi connectivity index (χ4v) is 5.10. The van der Waals surface area contributed by atoms with Crippen molar-refractivity contribution >= 4 is 11.7 Å². The van der Waals surface area contributed by atoms with Crippen molar-refractivity contribution in [1.29, 1.82) is 0 Å². The molecule has 2 fully saturated rings. The highest BCUT2D eigenvalue weighted by atomic mass is 16.5. The van der Waals surface area contributed by atoms with Crippen molar-refractivity contribution < 1.29 is 14.6 Å². The first kappa shape index (κ1) is 21.3. The second-order valence-corrected chi connectivity index (χ2v) is 8.98. The lowest BCUT2D eigenvalue weighted by atomic mass is 9.94. The first-order valence-corrected chi connectivity index (χ1v) is 11.6. The molecule has 2 atom stereocenters. The van der Waals surface area contributed by atoms with E-state index in [1.807, 2.05) is 0 Å². The highest BCUT2D eigenvalue weighted by Gasteiger charge is 2.35. The number of nitrogens with one attached hydrogen (secondary N) is 1. The zero-order chi connectivity index (χ0) is 21.9. The first-order valence-electron chi connectivity index (χ1n) is 11.6. The summed E-state index contributed by atoms with van der Waals surface area (Å²) < 4.78 is 5.40. The summed E-state index contributed by atoms with van der Waals surface area (Å²) in [5.74, 6) is 0.515. The Balaban J connectivity index is 1.20. The van der Waals surface area contributed by atoms with Crippen molar-refractivity contribution in [3.8, 4) is 0 Å². The summed E-state index contributed by atoms with van der Waals surface area (Å²) >= 11 is 0. The number of aliphatic hydroxyl groups excluding tert-OH is 1. The normalized spacial score (nSPS) is 24.7. The topological polar surface area (TPSA) is 90.8 Å². The van der Waals surface area contributed by atoms with Gasteiger partial charge in [-0.1, -0.05) is 24.3 Å². The lowest BCUT2D eigenvalue weighted by Crippen LogP contribution is -2.56. The number of fused-ring (bicyclic) bond motifs is 1. The minimum Gasteiger partial charge on any atom is -0.390 e. The molecule has 3 aliphatic heterocycles. The lowest BCUT2D eigenvalue weighted by molar-refractivity contribution is -0.0139. The number of likely N-dealkylation sites (tertiary alicyclic amines) is 1. The van der Waals surface area contributed by atoms with Crippen molar-refractivity contribution in [3.05, 3.63) is 53.5 Å². The number of nitrogens with zero attached hydrogens (tertiary/aromatic N) is 4. The van der Waals surface area contributed by atoms with Gasteiger partial charge in [0.05, 0.1) is 6.10 Å². The Morgan fingerprint density at radius 2 is 1.91 bits per heavy atom. The SMILES string of the molecule is O=C(c1cc(NC2CCOCC2)ncn1)N1CC[C@H](N2CCc3ccccc3C2)C(O)C1. The van der Waals surface area contributed by atoms with E-state index >= 15 is 0 Å². The molecular formula is C24H31N5O3. The smallest absolute Gasteiger partial charge is 0.272 e. The van der Waals surface area contributed by atoms with Crippen LogP contribution in [0.5, 0.6) is 0 Å². The van der Waals surface area contributed by atoms with E-state index in [-0.39, 0.29) is 11.9 Å². The van der Waals surface area contributed by atoms with Gasteiger partial charge in [0.25, 0.3) is 5.91 Å². The molecule has 0 radical (unpaired) electrons. The Morgan fingerprint density at radius 1 is 1.09 bits per heavy atom. The Kier molecular flexibility index (Phi) is 6.34. The van der Waals surface area contributed by atoms with Crippen LogP contribution in [-0.2, 0) is 17.7 Å². The van der Waals surface area contributed by atoms with Crippen LogP contribution in [-0.4, -0.2) is 81.8 Å². The predicted octanol–water partition coefficient (Wildman–Crippen LogP) is 1.70. The molecule has 1 aromatic heterocycles. The van der Waals surface area contributed by atoms with Crippen LogP contribution in [0.3, 0.4) is 0 Å². The van der Waals surface area contributed by atoms with Crippen molar-refractivity contribution in [2.75, 3.05) is 38.2 Å². The molecule has 2 saturated heterocycles. The van der Waals surface area contributed by atoms with Gasteiger partial charge in [0.2, 0.25) is 0 Å². The van der Waals surface area contributed by atoms with Gasteiger partial charge in [0.15, 0.2) is 0 Å². The highest BCUT2D eigenvalue weighted by molar-refractivity contribution is 5.93. The number of rotatable bonds is 4. The first-order chi connectivity index (χ1) is 15.7. The quantitative estimate of drug-likeness (QED) is 0.752. The summed E-state index contributed by atoms with van der Waals surface area (Å²) in [6, 6.07) is 10.6. The van der Waals surface area contributed by atoms with E-state index in [1.54, 1.807) is 11.0 Å². The molecule has 4 heterocycles. The molecule has 170 valence electrons. The van der Waals surface area contributed by atoms with Gasteiger partial charge in [0, 0.05) is 57.5 Å². The average molecular weight is 438 g/mol. The van der Waals surface area contributed by atoms with E-state index in [1.165, 1.54) is 17.5 Å². The number of carbonyl (C=O) groups excluding carboxylic acids is 1. The monoisotopic (exact) mass is 437 g/mol. The molecular weight excluding hydrogens is 406 g/mol. The second kappa shape index (κ2) is 9.52. The summed E-state index contributed by atoms with van der Waals surface area (Å²) in [6.07, 6.45) is 4.48. The fourth-order valence-electron chi connectivity index (χ4n) is 5.10. The maximum Gasteiger partial charge on any atom is 0.272 e. The summed E-state index contributed by atoms with van der Waals surface area (Å²) in [7, 11) is 0. The standard InChI is InChI=1S/C24H31N5O3/c30-22-15-29(10-6-21(22)28-9-5-17-3-1-2-4-18(17)14-28)24(31)20-13-23(26-16-25-20)27-19-7-11-32-12-8-19/h1-4,13,16,19,21-22,30H,5-12,14-15H2,(H,25,26,27)/t21-,22?/m0/s1. The van der Waals surface area contributed by atoms with E-state index in [0.717, 1.165) is 52.0 Å². The van der Waals surface area contributed by atoms with Crippen molar-refractivity contribution in [2.24, 2.45) is 0 Å². The molecule has 1 aromatic carbocycles. The summed E-state index contributed by atoms with van der Waals surface area (Å²) in [6.45, 7) is 4.23. The molecule has 0 saturated carbocycles. The van der Waals surface area contributed by atoms with Gasteiger partial charge in [0.1, 0.15) is 17.8 Å². The van der Waals surface area contributed by atoms with Crippen molar-refractivity contribution in [2.45, 2.75) is 50.4 Å². The van der Waals surface area contributed by atoms with Gasteiger partial charge >= 0.3 is 0 Å². The van der Waals surface area contributed by atoms with Crippen molar-refractivity contribution in [1.82, 2.24) is 19.8 Å². The van der Waals surface area contributed by atoms with Gasteiger partial charge in [-0.15, -0.1) is 0 Å². The van der Waals surface area contributed by atoms with Crippen LogP contribution in [0.15, 0.2) is 36.7 Å². The fraction of sp³-hybridized carbons (Fsp3) is 0.542. The summed E-state index contributed by atoms with van der Waals surface area (Å²) in [5.41, 5.74) is 3.11. The number of β-amino-alcohol motifs (C(OH)–C–C–N with tert-alkyl or cyclic N) is 1. The number of anilines is 1. The number of benzene rings is 1. The zero-order valence-electron chi connectivity index (χ0n) is 18.3. The summed E-state index contributed by atoms with van der Waals surface area (Å²) in [5, 5.41) is 14.3. The molecule has 2 N–H and O–H groups in total. The molecule has 3 aliphatic rings. The minimum atomic E-state index is -0.570. The summed E-state index contributed by atoms with van der Waals surface area (Å²) in [4.78, 5) is 25.7. The van der Waals surface area contributed by atoms with Gasteiger partial charge in [-0.05, 0) is 36.8 Å². The zero-order valence-corrected chi connectivity index (χ0v) is 18.3. The van der Waals surface area contributed by atoms with Crippen LogP contribution in [0.4, 0.5) is 5.82 Å². The van der Waals surface area contributed by atoms with E-state index in [0.29, 0.717) is 30.6 Å². The molecule has 1 unspecified atom stereocenters. The van der Waals surface area contributed by atoms with Gasteiger partial charge < -0.3 is 20.1 Å². The highest BCUT2D eigenvalue weighted by Crippen LogP contribution is 2.26. The number of ether oxygens (including phenoxy) is 1. The van der Waals surface area contributed by atoms with Crippen LogP contribution in [0.2, 0.25) is 0 Å². The molecule has 2 aromatic rings. The Bertz CT molecular complexity index is 949. The van der Waals surface area contributed by atoms with Crippen molar-refractivity contribution in [3.63, 3.8) is 0 Å². The third-order valence-electron chi connectivity index (χ3n) is 6.92. The maximum atomic E-state index is 13.1. The van der Waals surface area contributed by atoms with E-state index in [9.17, 15) is 9.90 Å². The number of aliphatic hydroxyl groups is 1. The van der Waals surface area contributed by atoms with Gasteiger partial charge in [-0.3, -0.25) is 9.69 Å². The van der Waals surface area contributed by atoms with Crippen LogP contribution in [0, 0.1) is 0 Å². The third kappa shape index (κ3) is 4.62. The number of carbonyl (C=O) groups is 1. The van der Waals surface area contributed by atoms with E-state index in [2.05, 4.69) is 44.5 Å². The molecule has 32 heavy (non-hydrogen) atoms. The van der Waals surface area contributed by atoms with Crippen LogP contribution >= 0.6 is 0 Å². The van der Waals surface area contributed by atoms with Gasteiger partial charge in [-0.25, -0.2) is 9.97 Å². The third-order valence-corrected chi connectivity index (χ3v) is 6.92. The molecule has 8 heteroatoms. The van der Waals surface area contributed by atoms with Crippen LogP contribution in [0.1, 0.15) is 40.9 Å². The minimum absolute atomic E-state index is 0.0727. The Labute approximate surface area is 188 Å². The number of amides is 1. The Hall–Kier alpha value is -2.55. The number of hydrogen-bond acceptors (Lipinski definition) is 7. The van der Waals surface area contributed by atoms with Crippen LogP contribution < -0.4 is 5.32 Å². The second-order valence-electron chi connectivity index (χ2n) is 8.98. The average Bonchev–Trinajstić information content (AvgIpc) is 2.84. The molecule has 5 rings (SSSR count). The molecule has 1 amide bonds. The molecule has 8 nitrogen and oxygen atoms in total. The maximum absolute atomic E-state index is 13.1. The Morgan fingerprint density at radius 3 is 2.72 bits per heavy atom. The van der Waals surface area contributed by atoms with Crippen LogP contribution in [0.25, 0.3) is 0 Å². The largest absolute Gasteiger partial charge is 0.390 e.